The Balaban J connectivity index is 0.615. The van der Waals surface area contributed by atoms with Gasteiger partial charge < -0.3 is 109 Å². The lowest BCUT2D eigenvalue weighted by molar-refractivity contribution is -0.213. The van der Waals surface area contributed by atoms with E-state index in [4.69, 9.17) is 71.4 Å². The van der Waals surface area contributed by atoms with Crippen LogP contribution in [0.2, 0.25) is 0 Å². The van der Waals surface area contributed by atoms with Crippen LogP contribution >= 0.6 is 33.3 Å². The van der Waals surface area contributed by atoms with Gasteiger partial charge in [0, 0.05) is 60.5 Å². The van der Waals surface area contributed by atoms with Crippen molar-refractivity contribution in [2.45, 2.75) is 169 Å². The minimum Gasteiger partial charge on any atom is -0.491 e. The predicted molar refractivity (Wildman–Crippen MR) is 319 cm³/mol. The van der Waals surface area contributed by atoms with E-state index in [9.17, 15) is 33.6 Å². The van der Waals surface area contributed by atoms with Gasteiger partial charge in [-0.25, -0.2) is 4.79 Å². The summed E-state index contributed by atoms with van der Waals surface area (Å²) >= 11 is 1.85. The molecule has 0 spiro atoms. The summed E-state index contributed by atoms with van der Waals surface area (Å²) in [5.41, 5.74) is 0.340. The van der Waals surface area contributed by atoms with Crippen LogP contribution in [0.25, 0.3) is 0 Å². The molecule has 0 aliphatic carbocycles. The molecule has 8 heterocycles. The van der Waals surface area contributed by atoms with Crippen LogP contribution in [0.1, 0.15) is 76.6 Å². The van der Waals surface area contributed by atoms with Gasteiger partial charge in [0.15, 0.2) is 30.2 Å². The van der Waals surface area contributed by atoms with E-state index in [1.165, 1.54) is 21.6 Å². The van der Waals surface area contributed by atoms with E-state index < -0.39 is 115 Å². The zero-order chi connectivity index (χ0) is 62.9. The molecule has 9 unspecified atom stereocenters. The maximum atomic E-state index is 14.0. The Morgan fingerprint density at radius 1 is 0.685 bits per heavy atom. The van der Waals surface area contributed by atoms with Gasteiger partial charge in [0.2, 0.25) is 11.8 Å². The number of benzene rings is 1. The molecule has 32 heteroatoms. The van der Waals surface area contributed by atoms with Gasteiger partial charge in [-0.15, -0.1) is 0 Å². The lowest BCUT2D eigenvalue weighted by atomic mass is 10.0. The van der Waals surface area contributed by atoms with Crippen molar-refractivity contribution in [2.75, 3.05) is 110 Å². The smallest absolute Gasteiger partial charge is 0.315 e. The molecule has 1 aromatic rings. The number of ether oxygens (including phenoxy) is 14. The standard InChI is InChI=1S/C57H85N7O22S3/c1-56(2)83-46-44(36-29-79-53(81-36)48(46)85-56)77-27-33(28-78-45-37-30-80-54(82-37)49-47(45)84-57(3,4)86-49)61-50(69)32-8-7-9-34(26-32)76-23-22-75-21-20-74-19-18-73-17-15-60-52(71)43(51(70)59-14-12-41(67)68)63-40(66)13-24-88-89-25-16-58-39(65)11-6-5-10-38-42-35(31-87-38)62-55(72)64-42/h7-9,26,33,35-38,42-49,53-54H,5-6,10-25,27-31H2,1-4H3,(H,58,65)(H,59,70)(H,60,71)(H,61,69)(H,63,66)(H,67,68)(H2,62,64,72)/t33?,35?,36?,37?,38?,42?,43?,44-,45+,46?,47?,48+,49-,53-,54+. The lowest BCUT2D eigenvalue weighted by Crippen LogP contribution is -2.56. The highest BCUT2D eigenvalue weighted by Crippen LogP contribution is 2.44. The molecular weight excluding hydrogens is 1230 g/mol. The number of carboxylic acids is 1. The normalized spacial score (nSPS) is 29.6. The third kappa shape index (κ3) is 20.3. The van der Waals surface area contributed by atoms with Gasteiger partial charge in [0.1, 0.15) is 61.2 Å². The van der Waals surface area contributed by atoms with E-state index in [2.05, 4.69) is 37.2 Å². The Hall–Kier alpha value is -4.36. The number of amides is 7. The summed E-state index contributed by atoms with van der Waals surface area (Å²) in [5.74, 6) is -3.16. The summed E-state index contributed by atoms with van der Waals surface area (Å²) in [5, 5.41) is 28.7. The largest absolute Gasteiger partial charge is 0.491 e. The molecular formula is C57H85N7O22S3. The van der Waals surface area contributed by atoms with Crippen molar-refractivity contribution >= 4 is 74.9 Å². The van der Waals surface area contributed by atoms with Crippen LogP contribution < -0.4 is 42.0 Å². The van der Waals surface area contributed by atoms with Gasteiger partial charge in [-0.05, 0) is 58.7 Å². The number of nitrogens with one attached hydrogen (secondary N) is 7. The van der Waals surface area contributed by atoms with Crippen LogP contribution in [-0.4, -0.2) is 259 Å². The Kier molecular flexibility index (Phi) is 25.9. The number of fused-ring (bicyclic) bond motifs is 9. The summed E-state index contributed by atoms with van der Waals surface area (Å²) < 4.78 is 84.6. The number of hydrogen-bond acceptors (Lipinski definition) is 24. The molecule has 4 bridgehead atoms. The third-order valence-electron chi connectivity index (χ3n) is 15.5. The fourth-order valence-corrected chi connectivity index (χ4v) is 14.8. The van der Waals surface area contributed by atoms with Gasteiger partial charge in [-0.1, -0.05) is 34.1 Å². The molecule has 1 aromatic carbocycles. The molecule has 8 aliphatic rings. The number of hydrogen-bond donors (Lipinski definition) is 8. The zero-order valence-electron chi connectivity index (χ0n) is 50.5. The highest BCUT2D eigenvalue weighted by atomic mass is 33.1. The molecule has 498 valence electrons. The molecule has 0 radical (unpaired) electrons. The van der Waals surface area contributed by atoms with Crippen LogP contribution in [0.3, 0.4) is 0 Å². The number of carbonyl (C=O) groups is 7. The topological polar surface area (TPSA) is 353 Å². The van der Waals surface area contributed by atoms with Gasteiger partial charge in [-0.3, -0.25) is 28.8 Å². The SMILES string of the molecule is CC1(C)OC2[C@@H](OCC(CO[C@@H]3C4CO[C@H](O4)[C@H]4OC(C)(C)OC34)NC(=O)c3cccc(OCCOCCOCCOCCNC(=O)C(NC(=O)CCSSCCNC(=O)CCCCC4SCC5NC(=O)NC54)C(=O)NCCC(=O)O)c3)C3CO[C@@H](O3)[C@@H]2O1. The summed E-state index contributed by atoms with van der Waals surface area (Å²) in [7, 11) is 2.89. The van der Waals surface area contributed by atoms with E-state index >= 15 is 0 Å². The summed E-state index contributed by atoms with van der Waals surface area (Å²) in [6.45, 7) is 9.64. The molecule has 0 saturated carbocycles. The van der Waals surface area contributed by atoms with Crippen molar-refractivity contribution in [1.29, 1.82) is 0 Å². The first-order valence-corrected chi connectivity index (χ1v) is 33.9. The summed E-state index contributed by atoms with van der Waals surface area (Å²) in [6.07, 6.45) is -2.30. The third-order valence-corrected chi connectivity index (χ3v) is 19.4. The molecule has 8 fully saturated rings. The van der Waals surface area contributed by atoms with Crippen molar-refractivity contribution in [3.05, 3.63) is 29.8 Å². The van der Waals surface area contributed by atoms with E-state index in [1.807, 2.05) is 39.5 Å². The first-order valence-electron chi connectivity index (χ1n) is 30.4. The van der Waals surface area contributed by atoms with Gasteiger partial charge in [0.05, 0.1) is 90.6 Å². The molecule has 8 N–H and O–H groups in total. The minimum atomic E-state index is -1.61. The van der Waals surface area contributed by atoms with E-state index in [0.29, 0.717) is 54.2 Å². The van der Waals surface area contributed by atoms with E-state index in [-0.39, 0.29) is 109 Å². The van der Waals surface area contributed by atoms with Crippen LogP contribution in [0.5, 0.6) is 5.75 Å². The molecule has 29 nitrogen and oxygen atoms in total. The number of thioether (sulfide) groups is 1. The van der Waals surface area contributed by atoms with Gasteiger partial charge >= 0.3 is 12.0 Å². The highest BCUT2D eigenvalue weighted by Gasteiger charge is 2.61. The molecule has 0 aromatic heterocycles. The number of carbonyl (C=O) groups excluding carboxylic acids is 6. The number of aliphatic carboxylic acids is 1. The quantitative estimate of drug-likeness (QED) is 0.0191. The first-order chi connectivity index (χ1) is 42.9. The molecule has 7 amide bonds. The zero-order valence-corrected chi connectivity index (χ0v) is 52.9. The van der Waals surface area contributed by atoms with Crippen molar-refractivity contribution < 1.29 is 105 Å². The van der Waals surface area contributed by atoms with E-state index in [0.717, 1.165) is 25.0 Å². The predicted octanol–water partition coefficient (Wildman–Crippen LogP) is 0.340. The van der Waals surface area contributed by atoms with E-state index in [1.54, 1.807) is 24.3 Å². The van der Waals surface area contributed by atoms with Gasteiger partial charge in [-0.2, -0.15) is 11.8 Å². The number of urea groups is 1. The molecule has 89 heavy (non-hydrogen) atoms. The molecule has 9 rings (SSSR count). The van der Waals surface area contributed by atoms with Crippen molar-refractivity contribution in [3.8, 4) is 5.75 Å². The van der Waals surface area contributed by atoms with Crippen molar-refractivity contribution in [2.24, 2.45) is 0 Å². The average Bonchev–Trinajstić information content (AvgIpc) is 1.70. The van der Waals surface area contributed by atoms with Crippen LogP contribution in [0.4, 0.5) is 4.79 Å². The van der Waals surface area contributed by atoms with Crippen molar-refractivity contribution in [1.82, 2.24) is 37.2 Å². The first kappa shape index (κ1) is 69.0. The van der Waals surface area contributed by atoms with Crippen LogP contribution in [-0.2, 0) is 85.6 Å². The number of carboxylic acid groups (broad SMARTS) is 1. The minimum absolute atomic E-state index is 0.00118. The fraction of sp³-hybridized carbons (Fsp3) is 0.772. The maximum Gasteiger partial charge on any atom is 0.315 e. The molecule has 8 saturated heterocycles. The average molecular weight is 1320 g/mol. The van der Waals surface area contributed by atoms with Crippen LogP contribution in [0, 0.1) is 0 Å². The molecule has 15 atom stereocenters. The van der Waals surface area contributed by atoms with Crippen molar-refractivity contribution in [3.63, 3.8) is 0 Å². The summed E-state index contributed by atoms with van der Waals surface area (Å²) in [6, 6.07) is 4.71. The van der Waals surface area contributed by atoms with Crippen LogP contribution in [0.15, 0.2) is 24.3 Å². The maximum absolute atomic E-state index is 14.0. The number of rotatable bonds is 39. The van der Waals surface area contributed by atoms with Gasteiger partial charge in [0.25, 0.3) is 17.7 Å². The Morgan fingerprint density at radius 3 is 1.94 bits per heavy atom. The fourth-order valence-electron chi connectivity index (χ4n) is 11.4. The number of unbranched alkanes of at least 4 members (excludes halogenated alkanes) is 1. The molecule has 8 aliphatic heterocycles. The lowest BCUT2D eigenvalue weighted by Gasteiger charge is -2.37. The highest BCUT2D eigenvalue weighted by molar-refractivity contribution is 8.76. The monoisotopic (exact) mass is 1320 g/mol. The Labute approximate surface area is 528 Å². The second-order valence-electron chi connectivity index (χ2n) is 23.2. The second kappa shape index (κ2) is 33.5. The second-order valence-corrected chi connectivity index (χ2v) is 27.2. The Bertz CT molecular complexity index is 2490. The Morgan fingerprint density at radius 2 is 1.29 bits per heavy atom. The summed E-state index contributed by atoms with van der Waals surface area (Å²) in [4.78, 5) is 87.7.